The zero-order valence-corrected chi connectivity index (χ0v) is 14.7. The zero-order valence-electron chi connectivity index (χ0n) is 13.9. The number of carbonyl (C=O) groups excluding carboxylic acids is 1. The maximum atomic E-state index is 12.0. The average molecular weight is 336 g/mol. The lowest BCUT2D eigenvalue weighted by Crippen LogP contribution is -2.30. The quantitative estimate of drug-likeness (QED) is 0.676. The molecule has 0 aliphatic rings. The number of hydrogen-bond acceptors (Lipinski definition) is 3. The average Bonchev–Trinajstić information content (AvgIpc) is 3.06. The summed E-state index contributed by atoms with van der Waals surface area (Å²) in [6.07, 6.45) is 0.819. The first-order valence-corrected chi connectivity index (χ1v) is 8.86. The van der Waals surface area contributed by atoms with Gasteiger partial charge in [0.1, 0.15) is 0 Å². The molecule has 0 spiro atoms. The minimum absolute atomic E-state index is 0.0238. The Balaban J connectivity index is 1.77. The topological polar surface area (TPSA) is 33.2 Å². The van der Waals surface area contributed by atoms with Crippen LogP contribution in [0.3, 0.4) is 0 Å². The highest BCUT2D eigenvalue weighted by atomic mass is 32.1. The molecule has 0 atom stereocenters. The van der Waals surface area contributed by atoms with Gasteiger partial charge in [0, 0.05) is 24.4 Å². The second-order valence-electron chi connectivity index (χ2n) is 5.79. The van der Waals surface area contributed by atoms with E-state index in [1.54, 1.807) is 11.8 Å². The monoisotopic (exact) mass is 336 g/mol. The fourth-order valence-corrected chi connectivity index (χ4v) is 3.42. The molecule has 0 aliphatic heterocycles. The van der Waals surface area contributed by atoms with Gasteiger partial charge in [-0.15, -0.1) is 11.3 Å². The first-order valence-electron chi connectivity index (χ1n) is 7.98. The molecule has 0 saturated carbocycles. The number of aromatic nitrogens is 1. The number of nitrogens with zero attached hydrogens (tertiary/aromatic N) is 2. The fraction of sp³-hybridized carbons (Fsp3) is 0.200. The van der Waals surface area contributed by atoms with Crippen LogP contribution in [-0.2, 0) is 11.2 Å². The van der Waals surface area contributed by atoms with Crippen LogP contribution in [0.4, 0.5) is 5.13 Å². The molecule has 0 N–H and O–H groups in total. The number of benzene rings is 2. The molecule has 0 unspecified atom stereocenters. The lowest BCUT2D eigenvalue weighted by molar-refractivity contribution is -0.116. The molecule has 1 heterocycles. The first-order chi connectivity index (χ1) is 11.6. The molecule has 2 aromatic carbocycles. The van der Waals surface area contributed by atoms with E-state index in [1.165, 1.54) is 22.5 Å². The maximum absolute atomic E-state index is 12.0. The van der Waals surface area contributed by atoms with Crippen molar-refractivity contribution in [2.75, 3.05) is 11.4 Å². The molecule has 0 bridgehead atoms. The third-order valence-electron chi connectivity index (χ3n) is 3.92. The summed E-state index contributed by atoms with van der Waals surface area (Å²) >= 11 is 1.51. The van der Waals surface area contributed by atoms with Crippen molar-refractivity contribution < 1.29 is 4.79 Å². The molecule has 3 rings (SSSR count). The Bertz CT molecular complexity index is 809. The molecule has 3 nitrogen and oxygen atoms in total. The Hall–Kier alpha value is -2.46. The predicted octanol–water partition coefficient (Wildman–Crippen LogP) is 4.71. The number of rotatable bonds is 5. The van der Waals surface area contributed by atoms with E-state index < -0.39 is 0 Å². The molecular weight excluding hydrogens is 316 g/mol. The number of aryl methyl sites for hydroxylation is 1. The summed E-state index contributed by atoms with van der Waals surface area (Å²) in [5, 5.41) is 2.77. The van der Waals surface area contributed by atoms with Gasteiger partial charge in [-0.1, -0.05) is 60.2 Å². The van der Waals surface area contributed by atoms with Crippen LogP contribution in [0.5, 0.6) is 0 Å². The number of hydrogen-bond donors (Lipinski definition) is 0. The van der Waals surface area contributed by atoms with Crippen LogP contribution in [-0.4, -0.2) is 17.4 Å². The summed E-state index contributed by atoms with van der Waals surface area (Å²) in [6, 6.07) is 18.5. The number of carbonyl (C=O) groups is 1. The van der Waals surface area contributed by atoms with Gasteiger partial charge < -0.3 is 0 Å². The fourth-order valence-electron chi connectivity index (χ4n) is 2.52. The van der Waals surface area contributed by atoms with Crippen molar-refractivity contribution in [2.45, 2.75) is 20.3 Å². The van der Waals surface area contributed by atoms with Gasteiger partial charge in [0.15, 0.2) is 5.13 Å². The van der Waals surface area contributed by atoms with Crippen molar-refractivity contribution in [3.63, 3.8) is 0 Å². The number of amides is 1. The Morgan fingerprint density at radius 1 is 1.08 bits per heavy atom. The van der Waals surface area contributed by atoms with Gasteiger partial charge in [-0.3, -0.25) is 9.69 Å². The molecule has 0 fully saturated rings. The van der Waals surface area contributed by atoms with Gasteiger partial charge >= 0.3 is 0 Å². The van der Waals surface area contributed by atoms with Crippen LogP contribution in [0.15, 0.2) is 60.0 Å². The molecule has 3 aromatic rings. The Labute approximate surface area is 146 Å². The third kappa shape index (κ3) is 3.89. The van der Waals surface area contributed by atoms with Gasteiger partial charge in [-0.25, -0.2) is 4.98 Å². The second kappa shape index (κ2) is 7.41. The van der Waals surface area contributed by atoms with Crippen LogP contribution >= 0.6 is 11.3 Å². The number of thiazole rings is 1. The van der Waals surface area contributed by atoms with Crippen molar-refractivity contribution >= 4 is 22.4 Å². The van der Waals surface area contributed by atoms with E-state index in [2.05, 4.69) is 48.3 Å². The summed E-state index contributed by atoms with van der Waals surface area (Å²) in [4.78, 5) is 18.5. The van der Waals surface area contributed by atoms with Crippen molar-refractivity contribution in [2.24, 2.45) is 0 Å². The molecule has 122 valence electrons. The van der Waals surface area contributed by atoms with Crippen LogP contribution in [0.25, 0.3) is 11.3 Å². The molecule has 4 heteroatoms. The molecule has 0 aliphatic carbocycles. The molecular formula is C20H20N2OS. The van der Waals surface area contributed by atoms with E-state index in [9.17, 15) is 4.79 Å². The zero-order chi connectivity index (χ0) is 16.9. The smallest absolute Gasteiger partial charge is 0.225 e. The van der Waals surface area contributed by atoms with Gasteiger partial charge in [0.2, 0.25) is 5.91 Å². The predicted molar refractivity (Wildman–Crippen MR) is 100 cm³/mol. The van der Waals surface area contributed by atoms with Crippen LogP contribution in [0.1, 0.15) is 18.1 Å². The van der Waals surface area contributed by atoms with Crippen LogP contribution in [0, 0.1) is 6.92 Å². The lowest BCUT2D eigenvalue weighted by Gasteiger charge is -2.17. The summed E-state index contributed by atoms with van der Waals surface area (Å²) < 4.78 is 0. The van der Waals surface area contributed by atoms with Crippen molar-refractivity contribution in [3.05, 3.63) is 71.1 Å². The normalized spacial score (nSPS) is 10.6. The second-order valence-corrected chi connectivity index (χ2v) is 6.62. The minimum Gasteiger partial charge on any atom is -0.288 e. The Morgan fingerprint density at radius 2 is 1.79 bits per heavy atom. The van der Waals surface area contributed by atoms with E-state index in [1.807, 2.05) is 23.6 Å². The summed E-state index contributed by atoms with van der Waals surface area (Å²) in [7, 11) is 0. The molecule has 0 radical (unpaired) electrons. The summed E-state index contributed by atoms with van der Waals surface area (Å²) in [5.74, 6) is 0.0238. The van der Waals surface area contributed by atoms with E-state index >= 15 is 0 Å². The molecule has 1 aromatic heterocycles. The molecule has 1 amide bonds. The van der Waals surface area contributed by atoms with Gasteiger partial charge in [0.05, 0.1) is 5.69 Å². The van der Waals surface area contributed by atoms with E-state index in [-0.39, 0.29) is 5.91 Å². The molecule has 24 heavy (non-hydrogen) atoms. The van der Waals surface area contributed by atoms with E-state index in [0.717, 1.165) is 22.8 Å². The van der Waals surface area contributed by atoms with E-state index in [0.29, 0.717) is 6.54 Å². The third-order valence-corrected chi connectivity index (χ3v) is 4.78. The molecule has 0 saturated heterocycles. The van der Waals surface area contributed by atoms with Crippen molar-refractivity contribution in [1.29, 1.82) is 0 Å². The van der Waals surface area contributed by atoms with Gasteiger partial charge in [-0.05, 0) is 18.9 Å². The highest BCUT2D eigenvalue weighted by molar-refractivity contribution is 7.14. The van der Waals surface area contributed by atoms with Gasteiger partial charge in [-0.2, -0.15) is 0 Å². The minimum atomic E-state index is 0.0238. The van der Waals surface area contributed by atoms with Crippen molar-refractivity contribution in [1.82, 2.24) is 4.98 Å². The van der Waals surface area contributed by atoms with Crippen LogP contribution < -0.4 is 4.90 Å². The van der Waals surface area contributed by atoms with Gasteiger partial charge in [0.25, 0.3) is 0 Å². The SMILES string of the molecule is CC(=O)N(CCc1ccccc1)c1nc(-c2ccc(C)cc2)cs1. The number of anilines is 1. The highest BCUT2D eigenvalue weighted by Gasteiger charge is 2.16. The van der Waals surface area contributed by atoms with Crippen molar-refractivity contribution in [3.8, 4) is 11.3 Å². The first kappa shape index (κ1) is 16.4. The Morgan fingerprint density at radius 3 is 2.46 bits per heavy atom. The standard InChI is InChI=1S/C20H20N2OS/c1-15-8-10-18(11-9-15)19-14-24-20(21-19)22(16(2)23)13-12-17-6-4-3-5-7-17/h3-11,14H,12-13H2,1-2H3. The Kier molecular flexibility index (Phi) is 5.06. The highest BCUT2D eigenvalue weighted by Crippen LogP contribution is 2.28. The maximum Gasteiger partial charge on any atom is 0.225 e. The summed E-state index contributed by atoms with van der Waals surface area (Å²) in [5.41, 5.74) is 4.44. The lowest BCUT2D eigenvalue weighted by atomic mass is 10.1. The van der Waals surface area contributed by atoms with E-state index in [4.69, 9.17) is 0 Å². The summed E-state index contributed by atoms with van der Waals surface area (Å²) in [6.45, 7) is 4.30. The largest absolute Gasteiger partial charge is 0.288 e. The van der Waals surface area contributed by atoms with Crippen LogP contribution in [0.2, 0.25) is 0 Å².